The van der Waals surface area contributed by atoms with Crippen LogP contribution in [0, 0.1) is 13.8 Å². The number of hydrogen-bond acceptors (Lipinski definition) is 4. The second-order valence-electron chi connectivity index (χ2n) is 3.64. The Morgan fingerprint density at radius 1 is 1.60 bits per heavy atom. The molecule has 1 aliphatic heterocycles. The number of thioether (sulfide) groups is 1. The van der Waals surface area contributed by atoms with E-state index in [4.69, 9.17) is 5.11 Å². The van der Waals surface area contributed by atoms with Crippen molar-refractivity contribution in [1.82, 2.24) is 5.32 Å². The molecule has 1 fully saturated rings. The van der Waals surface area contributed by atoms with Crippen molar-refractivity contribution in [2.24, 2.45) is 0 Å². The average Bonchev–Trinajstić information content (AvgIpc) is 2.71. The van der Waals surface area contributed by atoms with Gasteiger partial charge in [0, 0.05) is 15.5 Å². The molecule has 0 bridgehead atoms. The number of aliphatic carboxylic acids is 1. The lowest BCUT2D eigenvalue weighted by Crippen LogP contribution is -2.33. The van der Waals surface area contributed by atoms with Crippen LogP contribution in [0.3, 0.4) is 0 Å². The van der Waals surface area contributed by atoms with E-state index in [9.17, 15) is 4.79 Å². The lowest BCUT2D eigenvalue weighted by atomic mass is 10.2. The molecule has 1 saturated heterocycles. The van der Waals surface area contributed by atoms with Gasteiger partial charge in [0.1, 0.15) is 6.04 Å². The highest BCUT2D eigenvalue weighted by atomic mass is 32.2. The molecule has 2 heterocycles. The topological polar surface area (TPSA) is 49.3 Å². The monoisotopic (exact) mass is 243 g/mol. The number of rotatable bonds is 2. The molecular weight excluding hydrogens is 230 g/mol. The Bertz CT molecular complexity index is 389. The van der Waals surface area contributed by atoms with Gasteiger partial charge in [-0.2, -0.15) is 0 Å². The molecule has 1 aliphatic rings. The van der Waals surface area contributed by atoms with E-state index >= 15 is 0 Å². The molecule has 0 amide bonds. The van der Waals surface area contributed by atoms with Crippen molar-refractivity contribution in [3.63, 3.8) is 0 Å². The van der Waals surface area contributed by atoms with Crippen molar-refractivity contribution in [2.75, 3.05) is 5.75 Å². The van der Waals surface area contributed by atoms with E-state index in [1.807, 2.05) is 0 Å². The Balaban J connectivity index is 2.14. The molecule has 0 saturated carbocycles. The molecule has 0 spiro atoms. The largest absolute Gasteiger partial charge is 0.480 e. The molecule has 0 radical (unpaired) electrons. The van der Waals surface area contributed by atoms with E-state index in [0.717, 1.165) is 0 Å². The van der Waals surface area contributed by atoms with Crippen molar-refractivity contribution in [3.8, 4) is 0 Å². The Kier molecular flexibility index (Phi) is 3.04. The molecule has 82 valence electrons. The smallest absolute Gasteiger partial charge is 0.321 e. The molecule has 15 heavy (non-hydrogen) atoms. The van der Waals surface area contributed by atoms with Gasteiger partial charge >= 0.3 is 5.97 Å². The molecule has 2 atom stereocenters. The lowest BCUT2D eigenvalue weighted by Gasteiger charge is -2.10. The van der Waals surface area contributed by atoms with Crippen LogP contribution < -0.4 is 5.32 Å². The zero-order chi connectivity index (χ0) is 11.0. The number of carboxylic acids is 1. The quantitative estimate of drug-likeness (QED) is 0.835. The summed E-state index contributed by atoms with van der Waals surface area (Å²) in [5.41, 5.74) is 1.24. The predicted molar refractivity (Wildman–Crippen MR) is 63.6 cm³/mol. The maximum absolute atomic E-state index is 10.8. The van der Waals surface area contributed by atoms with Crippen molar-refractivity contribution in [2.45, 2.75) is 25.3 Å². The summed E-state index contributed by atoms with van der Waals surface area (Å²) in [5, 5.41) is 12.2. The van der Waals surface area contributed by atoms with Crippen LogP contribution >= 0.6 is 23.1 Å². The molecule has 5 heteroatoms. The summed E-state index contributed by atoms with van der Waals surface area (Å²) in [6.07, 6.45) is 0. The SMILES string of the molecule is Cc1cc(C2NC(C(=O)O)CS2)c(C)s1. The van der Waals surface area contributed by atoms with Crippen LogP contribution in [0.25, 0.3) is 0 Å². The predicted octanol–water partition coefficient (Wildman–Crippen LogP) is 2.15. The van der Waals surface area contributed by atoms with Gasteiger partial charge in [-0.1, -0.05) is 0 Å². The van der Waals surface area contributed by atoms with Crippen LogP contribution in [0.1, 0.15) is 20.7 Å². The summed E-state index contributed by atoms with van der Waals surface area (Å²) in [7, 11) is 0. The maximum Gasteiger partial charge on any atom is 0.321 e. The summed E-state index contributed by atoms with van der Waals surface area (Å²) in [6, 6.07) is 1.74. The first-order chi connectivity index (χ1) is 7.08. The fraction of sp³-hybridized carbons (Fsp3) is 0.500. The molecule has 0 aliphatic carbocycles. The van der Waals surface area contributed by atoms with Crippen LogP contribution in [0.4, 0.5) is 0 Å². The zero-order valence-electron chi connectivity index (χ0n) is 8.61. The van der Waals surface area contributed by atoms with E-state index in [1.165, 1.54) is 15.3 Å². The third-order valence-corrected chi connectivity index (χ3v) is 4.67. The van der Waals surface area contributed by atoms with Gasteiger partial charge in [-0.25, -0.2) is 0 Å². The van der Waals surface area contributed by atoms with Gasteiger partial charge < -0.3 is 5.11 Å². The second-order valence-corrected chi connectivity index (χ2v) is 6.24. The van der Waals surface area contributed by atoms with Gasteiger partial charge in [-0.3, -0.25) is 10.1 Å². The maximum atomic E-state index is 10.8. The van der Waals surface area contributed by atoms with Gasteiger partial charge in [0.15, 0.2) is 0 Å². The summed E-state index contributed by atoms with van der Waals surface area (Å²) in [6.45, 7) is 4.17. The van der Waals surface area contributed by atoms with Crippen LogP contribution in [0.15, 0.2) is 6.07 Å². The van der Waals surface area contributed by atoms with Gasteiger partial charge in [-0.05, 0) is 25.5 Å². The minimum atomic E-state index is -0.755. The number of hydrogen-bond donors (Lipinski definition) is 2. The first-order valence-corrected chi connectivity index (χ1v) is 6.62. The van der Waals surface area contributed by atoms with E-state index in [1.54, 1.807) is 23.1 Å². The molecule has 1 aromatic rings. The van der Waals surface area contributed by atoms with Crippen LogP contribution in [0.5, 0.6) is 0 Å². The van der Waals surface area contributed by atoms with E-state index in [0.29, 0.717) is 5.75 Å². The molecule has 2 unspecified atom stereocenters. The van der Waals surface area contributed by atoms with Gasteiger partial charge in [0.05, 0.1) is 5.37 Å². The Hall–Kier alpha value is -0.520. The average molecular weight is 243 g/mol. The first-order valence-electron chi connectivity index (χ1n) is 4.75. The van der Waals surface area contributed by atoms with Crippen molar-refractivity contribution < 1.29 is 9.90 Å². The van der Waals surface area contributed by atoms with Gasteiger partial charge in [0.2, 0.25) is 0 Å². The highest BCUT2D eigenvalue weighted by Gasteiger charge is 2.31. The number of carbonyl (C=O) groups is 1. The number of carboxylic acid groups (broad SMARTS) is 1. The molecule has 2 N–H and O–H groups in total. The fourth-order valence-electron chi connectivity index (χ4n) is 1.70. The summed E-state index contributed by atoms with van der Waals surface area (Å²) in [5.74, 6) is -0.108. The fourth-order valence-corrected chi connectivity index (χ4v) is 4.05. The molecule has 0 aromatic carbocycles. The number of aryl methyl sites for hydroxylation is 2. The van der Waals surface area contributed by atoms with E-state index < -0.39 is 12.0 Å². The number of thiophene rings is 1. The Labute approximate surface area is 96.9 Å². The van der Waals surface area contributed by atoms with Crippen molar-refractivity contribution in [3.05, 3.63) is 21.4 Å². The van der Waals surface area contributed by atoms with Crippen LogP contribution in [-0.2, 0) is 4.79 Å². The van der Waals surface area contributed by atoms with E-state index in [-0.39, 0.29) is 5.37 Å². The normalized spacial score (nSPS) is 25.7. The van der Waals surface area contributed by atoms with Gasteiger partial charge in [-0.15, -0.1) is 23.1 Å². The lowest BCUT2D eigenvalue weighted by molar-refractivity contribution is -0.138. The van der Waals surface area contributed by atoms with E-state index in [2.05, 4.69) is 25.2 Å². The Morgan fingerprint density at radius 2 is 2.33 bits per heavy atom. The molecule has 3 nitrogen and oxygen atoms in total. The van der Waals surface area contributed by atoms with Crippen LogP contribution in [-0.4, -0.2) is 22.9 Å². The zero-order valence-corrected chi connectivity index (χ0v) is 10.2. The molecule has 1 aromatic heterocycles. The minimum Gasteiger partial charge on any atom is -0.480 e. The number of nitrogens with one attached hydrogen (secondary N) is 1. The van der Waals surface area contributed by atoms with Crippen molar-refractivity contribution >= 4 is 29.1 Å². The molecule has 2 rings (SSSR count). The first kappa shape index (κ1) is 11.0. The highest BCUT2D eigenvalue weighted by Crippen LogP contribution is 2.37. The Morgan fingerprint density at radius 3 is 2.80 bits per heavy atom. The third-order valence-electron chi connectivity index (χ3n) is 2.44. The standard InChI is InChI=1S/C10H13NO2S2/c1-5-3-7(6(2)15-5)9-11-8(4-14-9)10(12)13/h3,8-9,11H,4H2,1-2H3,(H,12,13). The summed E-state index contributed by atoms with van der Waals surface area (Å²) in [4.78, 5) is 13.4. The molecular formula is C10H13NO2S2. The second kappa shape index (κ2) is 4.15. The minimum absolute atomic E-state index is 0.149. The summed E-state index contributed by atoms with van der Waals surface area (Å²) < 4.78 is 0. The van der Waals surface area contributed by atoms with Crippen LogP contribution in [0.2, 0.25) is 0 Å². The third kappa shape index (κ3) is 2.19. The van der Waals surface area contributed by atoms with Crippen molar-refractivity contribution in [1.29, 1.82) is 0 Å². The summed E-state index contributed by atoms with van der Waals surface area (Å²) >= 11 is 3.44. The van der Waals surface area contributed by atoms with Gasteiger partial charge in [0.25, 0.3) is 0 Å². The highest BCUT2D eigenvalue weighted by molar-refractivity contribution is 7.99.